The molecule has 2 aromatic rings. The van der Waals surface area contributed by atoms with Crippen LogP contribution in [-0.4, -0.2) is 21.7 Å². The van der Waals surface area contributed by atoms with Crippen LogP contribution < -0.4 is 5.32 Å². The Labute approximate surface area is 113 Å². The third-order valence-corrected chi connectivity index (χ3v) is 3.28. The average molecular weight is 259 g/mol. The highest BCUT2D eigenvalue weighted by atomic mass is 16.1. The van der Waals surface area contributed by atoms with Crippen molar-refractivity contribution in [1.29, 1.82) is 0 Å². The third-order valence-electron chi connectivity index (χ3n) is 3.28. The van der Waals surface area contributed by atoms with Crippen LogP contribution in [0.15, 0.2) is 24.4 Å². The molecule has 1 aromatic carbocycles. The van der Waals surface area contributed by atoms with E-state index in [0.717, 1.165) is 23.9 Å². The molecule has 0 unspecified atom stereocenters. The van der Waals surface area contributed by atoms with Gasteiger partial charge < -0.3 is 5.32 Å². The van der Waals surface area contributed by atoms with Gasteiger partial charge in [-0.15, -0.1) is 0 Å². The predicted octanol–water partition coefficient (Wildman–Crippen LogP) is 2.65. The molecule has 0 aliphatic carbocycles. The Hall–Kier alpha value is -1.84. The Kier molecular flexibility index (Phi) is 4.20. The maximum atomic E-state index is 11.2. The highest BCUT2D eigenvalue weighted by Gasteiger charge is 2.21. The minimum absolute atomic E-state index is 0.155. The molecule has 0 spiro atoms. The van der Waals surface area contributed by atoms with E-state index < -0.39 is 0 Å². The van der Waals surface area contributed by atoms with Crippen molar-refractivity contribution < 1.29 is 4.79 Å². The summed E-state index contributed by atoms with van der Waals surface area (Å²) in [6, 6.07) is 6.54. The number of rotatable bonds is 2. The minimum atomic E-state index is 0.155. The molecule has 0 radical (unpaired) electrons. The molecule has 1 aliphatic rings. The lowest BCUT2D eigenvalue weighted by Gasteiger charge is -2.10. The number of nitrogens with one attached hydrogen (secondary N) is 1. The van der Waals surface area contributed by atoms with Crippen molar-refractivity contribution in [3.05, 3.63) is 30.0 Å². The second-order valence-electron chi connectivity index (χ2n) is 4.69. The summed E-state index contributed by atoms with van der Waals surface area (Å²) in [7, 11) is 0. The number of hydrogen-bond acceptors (Lipinski definition) is 2. The third kappa shape index (κ3) is 2.95. The van der Waals surface area contributed by atoms with E-state index in [-0.39, 0.29) is 11.9 Å². The van der Waals surface area contributed by atoms with Crippen LogP contribution in [0.1, 0.15) is 32.3 Å². The number of nitrogens with zero attached hydrogens (tertiary/aromatic N) is 2. The Balaban J connectivity index is 0.000000637. The van der Waals surface area contributed by atoms with Gasteiger partial charge in [0.15, 0.2) is 0 Å². The van der Waals surface area contributed by atoms with Crippen LogP contribution in [0, 0.1) is 6.92 Å². The van der Waals surface area contributed by atoms with E-state index in [9.17, 15) is 4.79 Å². The molecule has 2 heterocycles. The molecule has 1 aliphatic heterocycles. The fourth-order valence-corrected chi connectivity index (χ4v) is 2.35. The highest BCUT2D eigenvalue weighted by molar-refractivity contribution is 5.80. The number of hydrogen-bond donors (Lipinski definition) is 1. The summed E-state index contributed by atoms with van der Waals surface area (Å²) in [5.74, 6) is 0.155. The normalized spacial score (nSPS) is 18.1. The molecule has 1 N–H and O–H groups in total. The van der Waals surface area contributed by atoms with E-state index in [0.29, 0.717) is 6.42 Å². The molecule has 4 nitrogen and oxygen atoms in total. The summed E-state index contributed by atoms with van der Waals surface area (Å²) in [6.07, 6.45) is 3.43. The standard InChI is InChI=1S/C13H15N3O.C2H6/c1-9-2-3-10-7-14-16(12(10)6-9)8-11-4-5-13(17)15-11;1-2/h2-3,6-7,11H,4-5,8H2,1H3,(H,15,17);1-2H3/t11-;/m1./s1. The minimum Gasteiger partial charge on any atom is -0.351 e. The first-order valence-electron chi connectivity index (χ1n) is 6.94. The Bertz CT molecular complexity index is 574. The van der Waals surface area contributed by atoms with Gasteiger partial charge in [0, 0.05) is 17.8 Å². The van der Waals surface area contributed by atoms with Crippen LogP contribution in [0.25, 0.3) is 10.9 Å². The summed E-state index contributed by atoms with van der Waals surface area (Å²) in [4.78, 5) is 11.2. The molecule has 0 bridgehead atoms. The van der Waals surface area contributed by atoms with Gasteiger partial charge in [0.2, 0.25) is 5.91 Å². The SMILES string of the molecule is CC.Cc1ccc2cnn(C[C@H]3CCC(=O)N3)c2c1. The number of carbonyl (C=O) groups excluding carboxylic acids is 1. The molecule has 0 saturated carbocycles. The molecule has 102 valence electrons. The van der Waals surface area contributed by atoms with E-state index >= 15 is 0 Å². The molecule has 1 fully saturated rings. The first-order valence-corrected chi connectivity index (χ1v) is 6.94. The van der Waals surface area contributed by atoms with Crippen LogP contribution >= 0.6 is 0 Å². The molecule has 1 aromatic heterocycles. The average Bonchev–Trinajstić information content (AvgIpc) is 3.00. The van der Waals surface area contributed by atoms with Crippen molar-refractivity contribution in [3.63, 3.8) is 0 Å². The van der Waals surface area contributed by atoms with E-state index in [2.05, 4.69) is 35.5 Å². The Morgan fingerprint density at radius 2 is 2.21 bits per heavy atom. The topological polar surface area (TPSA) is 46.9 Å². The molecular weight excluding hydrogens is 238 g/mol. The summed E-state index contributed by atoms with van der Waals surface area (Å²) in [5, 5.41) is 8.51. The number of fused-ring (bicyclic) bond motifs is 1. The number of benzene rings is 1. The quantitative estimate of drug-likeness (QED) is 0.901. The maximum Gasteiger partial charge on any atom is 0.220 e. The summed E-state index contributed by atoms with van der Waals surface area (Å²) < 4.78 is 1.98. The van der Waals surface area contributed by atoms with E-state index in [1.807, 2.05) is 24.7 Å². The first kappa shape index (κ1) is 13.6. The van der Waals surface area contributed by atoms with Gasteiger partial charge in [0.05, 0.1) is 18.3 Å². The lowest BCUT2D eigenvalue weighted by atomic mass is 10.2. The van der Waals surface area contributed by atoms with Gasteiger partial charge in [-0.25, -0.2) is 0 Å². The number of aryl methyl sites for hydroxylation is 1. The number of amides is 1. The zero-order chi connectivity index (χ0) is 13.8. The molecule has 19 heavy (non-hydrogen) atoms. The summed E-state index contributed by atoms with van der Waals surface area (Å²) in [6.45, 7) is 6.84. The summed E-state index contributed by atoms with van der Waals surface area (Å²) in [5.41, 5.74) is 2.38. The first-order chi connectivity index (χ1) is 9.22. The Morgan fingerprint density at radius 1 is 1.42 bits per heavy atom. The fourth-order valence-electron chi connectivity index (χ4n) is 2.35. The van der Waals surface area contributed by atoms with Crippen LogP contribution in [0.2, 0.25) is 0 Å². The van der Waals surface area contributed by atoms with E-state index in [4.69, 9.17) is 0 Å². The van der Waals surface area contributed by atoms with Crippen LogP contribution in [0.3, 0.4) is 0 Å². The zero-order valence-electron chi connectivity index (χ0n) is 11.8. The number of carbonyl (C=O) groups is 1. The molecule has 1 amide bonds. The second kappa shape index (κ2) is 5.87. The molecule has 1 atom stereocenters. The smallest absolute Gasteiger partial charge is 0.220 e. The van der Waals surface area contributed by atoms with E-state index in [1.54, 1.807) is 0 Å². The molecule has 3 rings (SSSR count). The predicted molar refractivity (Wildman–Crippen MR) is 77.0 cm³/mol. The van der Waals surface area contributed by atoms with Crippen molar-refractivity contribution in [2.75, 3.05) is 0 Å². The maximum absolute atomic E-state index is 11.2. The second-order valence-corrected chi connectivity index (χ2v) is 4.69. The lowest BCUT2D eigenvalue weighted by molar-refractivity contribution is -0.119. The van der Waals surface area contributed by atoms with Crippen molar-refractivity contribution >= 4 is 16.8 Å². The Morgan fingerprint density at radius 3 is 2.89 bits per heavy atom. The van der Waals surface area contributed by atoms with Gasteiger partial charge >= 0.3 is 0 Å². The van der Waals surface area contributed by atoms with Crippen molar-refractivity contribution in [3.8, 4) is 0 Å². The van der Waals surface area contributed by atoms with Gasteiger partial charge in [-0.1, -0.05) is 26.0 Å². The fraction of sp³-hybridized carbons (Fsp3) is 0.467. The summed E-state index contributed by atoms with van der Waals surface area (Å²) >= 11 is 0. The van der Waals surface area contributed by atoms with Gasteiger partial charge in [-0.05, 0) is 25.0 Å². The zero-order valence-corrected chi connectivity index (χ0v) is 11.8. The van der Waals surface area contributed by atoms with Crippen LogP contribution in [0.4, 0.5) is 0 Å². The van der Waals surface area contributed by atoms with Gasteiger partial charge in [0.1, 0.15) is 0 Å². The van der Waals surface area contributed by atoms with Crippen LogP contribution in [0.5, 0.6) is 0 Å². The van der Waals surface area contributed by atoms with Gasteiger partial charge in [0.25, 0.3) is 0 Å². The molecule has 1 saturated heterocycles. The molecule has 4 heteroatoms. The monoisotopic (exact) mass is 259 g/mol. The van der Waals surface area contributed by atoms with E-state index in [1.165, 1.54) is 5.56 Å². The lowest BCUT2D eigenvalue weighted by Crippen LogP contribution is -2.29. The van der Waals surface area contributed by atoms with Gasteiger partial charge in [-0.3, -0.25) is 9.48 Å². The highest BCUT2D eigenvalue weighted by Crippen LogP contribution is 2.17. The largest absolute Gasteiger partial charge is 0.351 e. The molecular formula is C15H21N3O. The van der Waals surface area contributed by atoms with Gasteiger partial charge in [-0.2, -0.15) is 5.10 Å². The van der Waals surface area contributed by atoms with Crippen LogP contribution in [-0.2, 0) is 11.3 Å². The van der Waals surface area contributed by atoms with Crippen molar-refractivity contribution in [1.82, 2.24) is 15.1 Å². The number of aromatic nitrogens is 2. The van der Waals surface area contributed by atoms with Crippen molar-refractivity contribution in [2.24, 2.45) is 0 Å². The van der Waals surface area contributed by atoms with Crippen molar-refractivity contribution in [2.45, 2.75) is 46.2 Å².